The molecule has 0 aromatic heterocycles. The van der Waals surface area contributed by atoms with Crippen LogP contribution in [0.15, 0.2) is 0 Å². The van der Waals surface area contributed by atoms with Crippen molar-refractivity contribution in [1.82, 2.24) is 10.2 Å². The highest BCUT2D eigenvalue weighted by atomic mass is 35.5. The van der Waals surface area contributed by atoms with Crippen molar-refractivity contribution in [2.75, 3.05) is 39.9 Å². The van der Waals surface area contributed by atoms with Gasteiger partial charge in [0.2, 0.25) is 5.91 Å². The Bertz CT molecular complexity index is 311. The first-order valence-electron chi connectivity index (χ1n) is 7.58. The second kappa shape index (κ2) is 7.62. The molecule has 0 saturated carbocycles. The molecular formula is C15H29ClN2O2. The Hall–Kier alpha value is -0.320. The maximum absolute atomic E-state index is 12.9. The van der Waals surface area contributed by atoms with Gasteiger partial charge in [0.15, 0.2) is 0 Å². The van der Waals surface area contributed by atoms with Gasteiger partial charge in [0, 0.05) is 20.2 Å². The molecule has 2 saturated heterocycles. The highest BCUT2D eigenvalue weighted by Gasteiger charge is 2.44. The predicted molar refractivity (Wildman–Crippen MR) is 83.2 cm³/mol. The van der Waals surface area contributed by atoms with Crippen LogP contribution in [0.5, 0.6) is 0 Å². The largest absolute Gasteiger partial charge is 0.384 e. The number of amides is 1. The second-order valence-electron chi connectivity index (χ2n) is 6.51. The number of halogens is 1. The zero-order valence-corrected chi connectivity index (χ0v) is 13.8. The van der Waals surface area contributed by atoms with Crippen LogP contribution in [0.4, 0.5) is 0 Å². The fraction of sp³-hybridized carbons (Fsp3) is 0.933. The average molecular weight is 305 g/mol. The molecule has 2 rings (SSSR count). The lowest BCUT2D eigenvalue weighted by atomic mass is 9.78. The minimum atomic E-state index is -0.272. The number of hydrogen-bond donors (Lipinski definition) is 1. The first-order valence-corrected chi connectivity index (χ1v) is 7.58. The summed E-state index contributed by atoms with van der Waals surface area (Å²) in [5.74, 6) is 1.67. The summed E-state index contributed by atoms with van der Waals surface area (Å²) in [4.78, 5) is 15.0. The topological polar surface area (TPSA) is 41.6 Å². The summed E-state index contributed by atoms with van der Waals surface area (Å²) in [7, 11) is 1.71. The van der Waals surface area contributed by atoms with Crippen molar-refractivity contribution in [3.05, 3.63) is 0 Å². The number of carbonyl (C=O) groups excluding carboxylic acids is 1. The molecule has 1 atom stereocenters. The third-order valence-electron chi connectivity index (χ3n) is 4.89. The number of rotatable bonds is 4. The third-order valence-corrected chi connectivity index (χ3v) is 4.89. The summed E-state index contributed by atoms with van der Waals surface area (Å²) in [5.41, 5.74) is -0.272. The first kappa shape index (κ1) is 17.7. The fourth-order valence-corrected chi connectivity index (χ4v) is 3.45. The van der Waals surface area contributed by atoms with Crippen LogP contribution < -0.4 is 5.32 Å². The Morgan fingerprint density at radius 1 is 1.40 bits per heavy atom. The molecule has 0 aliphatic carbocycles. The third kappa shape index (κ3) is 3.66. The summed E-state index contributed by atoms with van der Waals surface area (Å²) in [5, 5.41) is 3.34. The van der Waals surface area contributed by atoms with Crippen molar-refractivity contribution in [1.29, 1.82) is 0 Å². The summed E-state index contributed by atoms with van der Waals surface area (Å²) in [6.07, 6.45) is 2.97. The van der Waals surface area contributed by atoms with Crippen LogP contribution in [-0.2, 0) is 9.53 Å². The van der Waals surface area contributed by atoms with Gasteiger partial charge in [0.1, 0.15) is 0 Å². The van der Waals surface area contributed by atoms with Crippen LogP contribution in [0.1, 0.15) is 33.1 Å². The number of piperidine rings is 1. The van der Waals surface area contributed by atoms with Gasteiger partial charge >= 0.3 is 0 Å². The molecule has 2 heterocycles. The Kier molecular flexibility index (Phi) is 6.76. The molecule has 1 N–H and O–H groups in total. The molecule has 20 heavy (non-hydrogen) atoms. The molecule has 0 aromatic carbocycles. The van der Waals surface area contributed by atoms with Gasteiger partial charge in [0.05, 0.1) is 12.0 Å². The minimum Gasteiger partial charge on any atom is -0.384 e. The molecule has 1 unspecified atom stereocenters. The second-order valence-corrected chi connectivity index (χ2v) is 6.51. The molecule has 2 aliphatic rings. The van der Waals surface area contributed by atoms with Crippen molar-refractivity contribution in [3.8, 4) is 0 Å². The standard InChI is InChI=1S/C15H28N2O2.ClH/c1-12(2)13-4-9-17(10-13)14(18)15(11-19-3)5-7-16-8-6-15;/h12-13,16H,4-11H2,1-3H3;1H. The van der Waals surface area contributed by atoms with Gasteiger partial charge in [-0.3, -0.25) is 4.79 Å². The summed E-state index contributed by atoms with van der Waals surface area (Å²) in [6.45, 7) is 8.81. The first-order chi connectivity index (χ1) is 9.09. The molecule has 4 nitrogen and oxygen atoms in total. The molecule has 2 aliphatic heterocycles. The van der Waals surface area contributed by atoms with Gasteiger partial charge in [-0.25, -0.2) is 0 Å². The molecule has 0 bridgehead atoms. The summed E-state index contributed by atoms with van der Waals surface area (Å²) in [6, 6.07) is 0. The lowest BCUT2D eigenvalue weighted by Crippen LogP contribution is -2.51. The number of carbonyl (C=O) groups is 1. The molecule has 0 radical (unpaired) electrons. The van der Waals surface area contributed by atoms with Crippen LogP contribution in [0.3, 0.4) is 0 Å². The number of hydrogen-bond acceptors (Lipinski definition) is 3. The zero-order chi connectivity index (χ0) is 13.9. The van der Waals surface area contributed by atoms with E-state index in [-0.39, 0.29) is 17.8 Å². The van der Waals surface area contributed by atoms with E-state index in [4.69, 9.17) is 4.74 Å². The van der Waals surface area contributed by atoms with Gasteiger partial charge < -0.3 is 15.0 Å². The normalized spacial score (nSPS) is 25.6. The Morgan fingerprint density at radius 3 is 2.55 bits per heavy atom. The molecular weight excluding hydrogens is 276 g/mol. The number of methoxy groups -OCH3 is 1. The van der Waals surface area contributed by atoms with E-state index >= 15 is 0 Å². The lowest BCUT2D eigenvalue weighted by molar-refractivity contribution is -0.146. The maximum Gasteiger partial charge on any atom is 0.231 e. The van der Waals surface area contributed by atoms with Crippen molar-refractivity contribution < 1.29 is 9.53 Å². The number of likely N-dealkylation sites (tertiary alicyclic amines) is 1. The van der Waals surface area contributed by atoms with Crippen LogP contribution >= 0.6 is 12.4 Å². The highest BCUT2D eigenvalue weighted by Crippen LogP contribution is 2.34. The zero-order valence-electron chi connectivity index (χ0n) is 13.0. The molecule has 0 aromatic rings. The summed E-state index contributed by atoms with van der Waals surface area (Å²) < 4.78 is 5.36. The Balaban J connectivity index is 0.00000200. The quantitative estimate of drug-likeness (QED) is 0.863. The average Bonchev–Trinajstić information content (AvgIpc) is 2.89. The molecule has 118 valence electrons. The van der Waals surface area contributed by atoms with Crippen molar-refractivity contribution in [2.24, 2.45) is 17.3 Å². The lowest BCUT2D eigenvalue weighted by Gasteiger charge is -2.38. The van der Waals surface area contributed by atoms with Gasteiger partial charge in [-0.1, -0.05) is 13.8 Å². The minimum absolute atomic E-state index is 0. The molecule has 5 heteroatoms. The maximum atomic E-state index is 12.9. The number of nitrogens with zero attached hydrogens (tertiary/aromatic N) is 1. The van der Waals surface area contributed by atoms with E-state index in [1.165, 1.54) is 0 Å². The van der Waals surface area contributed by atoms with E-state index < -0.39 is 0 Å². The van der Waals surface area contributed by atoms with Gasteiger partial charge in [-0.2, -0.15) is 0 Å². The SMILES string of the molecule is COCC1(C(=O)N2CCC(C(C)C)C2)CCNCC1.Cl. The Labute approximate surface area is 129 Å². The van der Waals surface area contributed by atoms with E-state index in [1.807, 2.05) is 0 Å². The monoisotopic (exact) mass is 304 g/mol. The fourth-order valence-electron chi connectivity index (χ4n) is 3.45. The van der Waals surface area contributed by atoms with E-state index in [0.29, 0.717) is 24.3 Å². The van der Waals surface area contributed by atoms with E-state index in [0.717, 1.165) is 45.4 Å². The van der Waals surface area contributed by atoms with Crippen LogP contribution in [0, 0.1) is 17.3 Å². The molecule has 2 fully saturated rings. The van der Waals surface area contributed by atoms with Crippen molar-refractivity contribution in [2.45, 2.75) is 33.1 Å². The van der Waals surface area contributed by atoms with E-state index in [1.54, 1.807) is 7.11 Å². The van der Waals surface area contributed by atoms with Crippen LogP contribution in [0.25, 0.3) is 0 Å². The summed E-state index contributed by atoms with van der Waals surface area (Å²) >= 11 is 0. The van der Waals surface area contributed by atoms with Gasteiger partial charge in [0.25, 0.3) is 0 Å². The Morgan fingerprint density at radius 2 is 2.05 bits per heavy atom. The van der Waals surface area contributed by atoms with E-state index in [2.05, 4.69) is 24.1 Å². The number of nitrogens with one attached hydrogen (secondary N) is 1. The van der Waals surface area contributed by atoms with Crippen LogP contribution in [-0.4, -0.2) is 50.7 Å². The van der Waals surface area contributed by atoms with E-state index in [9.17, 15) is 4.79 Å². The van der Waals surface area contributed by atoms with Gasteiger partial charge in [-0.15, -0.1) is 12.4 Å². The predicted octanol–water partition coefficient (Wildman–Crippen LogP) is 1.93. The van der Waals surface area contributed by atoms with Crippen LogP contribution in [0.2, 0.25) is 0 Å². The highest BCUT2D eigenvalue weighted by molar-refractivity contribution is 5.85. The van der Waals surface area contributed by atoms with Crippen molar-refractivity contribution >= 4 is 18.3 Å². The smallest absolute Gasteiger partial charge is 0.231 e. The molecule has 0 spiro atoms. The van der Waals surface area contributed by atoms with Crippen molar-refractivity contribution in [3.63, 3.8) is 0 Å². The number of ether oxygens (including phenoxy) is 1. The van der Waals surface area contributed by atoms with Gasteiger partial charge in [-0.05, 0) is 44.2 Å². The molecule has 1 amide bonds.